The van der Waals surface area contributed by atoms with Gasteiger partial charge in [0.05, 0.1) is 6.54 Å². The Morgan fingerprint density at radius 1 is 1.26 bits per heavy atom. The Hall–Kier alpha value is -2.07. The Kier molecular flexibility index (Phi) is 4.36. The van der Waals surface area contributed by atoms with Crippen molar-refractivity contribution < 1.29 is 14.3 Å². The van der Waals surface area contributed by atoms with Gasteiger partial charge in [0.15, 0.2) is 0 Å². The molecule has 0 unspecified atom stereocenters. The zero-order valence-corrected chi connectivity index (χ0v) is 10.8. The topological polar surface area (TPSA) is 62.5 Å². The van der Waals surface area contributed by atoms with Crippen LogP contribution in [0.3, 0.4) is 0 Å². The molecule has 0 aliphatic carbocycles. The van der Waals surface area contributed by atoms with E-state index in [4.69, 9.17) is 9.52 Å². The minimum atomic E-state index is -1.04. The second-order valence-corrected chi connectivity index (χ2v) is 4.42. The Labute approximate surface area is 112 Å². The summed E-state index contributed by atoms with van der Waals surface area (Å²) in [6, 6.07) is 11.4. The van der Waals surface area contributed by atoms with Crippen LogP contribution in [0.1, 0.15) is 27.4 Å². The van der Waals surface area contributed by atoms with E-state index in [0.29, 0.717) is 12.3 Å². The Morgan fingerprint density at radius 2 is 2.05 bits per heavy atom. The lowest BCUT2D eigenvalue weighted by molar-refractivity contribution is 0.0660. The highest BCUT2D eigenvalue weighted by molar-refractivity contribution is 5.84. The minimum Gasteiger partial charge on any atom is -0.475 e. The van der Waals surface area contributed by atoms with Crippen LogP contribution in [0.2, 0.25) is 0 Å². The van der Waals surface area contributed by atoms with E-state index in [-0.39, 0.29) is 5.76 Å². The number of carbonyl (C=O) groups is 1. The molecule has 4 heteroatoms. The van der Waals surface area contributed by atoms with E-state index in [1.54, 1.807) is 6.07 Å². The van der Waals surface area contributed by atoms with Crippen LogP contribution < -0.4 is 5.32 Å². The first-order valence-electron chi connectivity index (χ1n) is 6.24. The summed E-state index contributed by atoms with van der Waals surface area (Å²) >= 11 is 0. The van der Waals surface area contributed by atoms with E-state index in [9.17, 15) is 4.79 Å². The third-order valence-electron chi connectivity index (χ3n) is 3.00. The third kappa shape index (κ3) is 3.69. The molecule has 0 aliphatic rings. The first-order chi connectivity index (χ1) is 9.16. The van der Waals surface area contributed by atoms with Crippen molar-refractivity contribution in [2.24, 2.45) is 0 Å². The first kappa shape index (κ1) is 13.4. The largest absolute Gasteiger partial charge is 0.475 e. The number of carboxylic acids is 1. The van der Waals surface area contributed by atoms with Gasteiger partial charge < -0.3 is 14.8 Å². The first-order valence-corrected chi connectivity index (χ1v) is 6.24. The lowest BCUT2D eigenvalue weighted by Gasteiger charge is -2.06. The number of hydrogen-bond donors (Lipinski definition) is 2. The van der Waals surface area contributed by atoms with E-state index >= 15 is 0 Å². The van der Waals surface area contributed by atoms with Gasteiger partial charge in [-0.25, -0.2) is 4.79 Å². The fourth-order valence-corrected chi connectivity index (χ4v) is 1.91. The molecule has 0 aliphatic heterocycles. The van der Waals surface area contributed by atoms with Gasteiger partial charge in [0.2, 0.25) is 5.76 Å². The van der Waals surface area contributed by atoms with Gasteiger partial charge >= 0.3 is 5.97 Å². The maximum atomic E-state index is 10.7. The van der Waals surface area contributed by atoms with E-state index in [1.807, 2.05) is 12.1 Å². The molecule has 0 atom stereocenters. The summed E-state index contributed by atoms with van der Waals surface area (Å²) in [4.78, 5) is 10.7. The molecule has 0 spiro atoms. The van der Waals surface area contributed by atoms with Gasteiger partial charge in [-0.2, -0.15) is 0 Å². The Bertz CT molecular complexity index is 560. The number of furan rings is 1. The molecule has 0 radical (unpaired) electrons. The van der Waals surface area contributed by atoms with Gasteiger partial charge in [-0.1, -0.05) is 24.3 Å². The number of aryl methyl sites for hydroxylation is 1. The van der Waals surface area contributed by atoms with Crippen molar-refractivity contribution in [1.29, 1.82) is 0 Å². The maximum absolute atomic E-state index is 10.7. The molecular weight excluding hydrogens is 242 g/mol. The van der Waals surface area contributed by atoms with E-state index in [2.05, 4.69) is 24.4 Å². The van der Waals surface area contributed by atoms with Gasteiger partial charge in [0.1, 0.15) is 5.76 Å². The second kappa shape index (κ2) is 6.20. The standard InChI is InChI=1S/C15H17NO3/c1-11-4-2-3-5-12(11)8-9-16-10-13-6-7-14(19-13)15(17)18/h2-7,16H,8-10H2,1H3,(H,17,18). The lowest BCUT2D eigenvalue weighted by atomic mass is 10.1. The molecule has 0 saturated carbocycles. The summed E-state index contributed by atoms with van der Waals surface area (Å²) in [5.74, 6) is -0.413. The van der Waals surface area contributed by atoms with Crippen molar-refractivity contribution in [2.45, 2.75) is 19.9 Å². The molecule has 4 nitrogen and oxygen atoms in total. The second-order valence-electron chi connectivity index (χ2n) is 4.42. The zero-order chi connectivity index (χ0) is 13.7. The number of hydrogen-bond acceptors (Lipinski definition) is 3. The molecule has 0 fully saturated rings. The van der Waals surface area contributed by atoms with Crippen LogP contribution >= 0.6 is 0 Å². The molecule has 1 heterocycles. The number of nitrogens with one attached hydrogen (secondary N) is 1. The number of rotatable bonds is 6. The highest BCUT2D eigenvalue weighted by Crippen LogP contribution is 2.09. The van der Waals surface area contributed by atoms with Crippen LogP contribution in [0.15, 0.2) is 40.8 Å². The Morgan fingerprint density at radius 3 is 2.74 bits per heavy atom. The summed E-state index contributed by atoms with van der Waals surface area (Å²) in [5, 5.41) is 12.0. The molecule has 0 amide bonds. The van der Waals surface area contributed by atoms with E-state index in [0.717, 1.165) is 13.0 Å². The number of carboxylic acid groups (broad SMARTS) is 1. The van der Waals surface area contributed by atoms with E-state index < -0.39 is 5.97 Å². The fourth-order valence-electron chi connectivity index (χ4n) is 1.91. The third-order valence-corrected chi connectivity index (χ3v) is 3.00. The maximum Gasteiger partial charge on any atom is 0.371 e. The van der Waals surface area contributed by atoms with Crippen LogP contribution in [0, 0.1) is 6.92 Å². The Balaban J connectivity index is 1.77. The number of benzene rings is 1. The molecule has 1 aromatic carbocycles. The lowest BCUT2D eigenvalue weighted by Crippen LogP contribution is -2.16. The normalized spacial score (nSPS) is 10.6. The summed E-state index contributed by atoms with van der Waals surface area (Å²) in [6.07, 6.45) is 0.944. The molecular formula is C15H17NO3. The predicted molar refractivity (Wildman–Crippen MR) is 72.3 cm³/mol. The smallest absolute Gasteiger partial charge is 0.371 e. The molecule has 19 heavy (non-hydrogen) atoms. The summed E-state index contributed by atoms with van der Waals surface area (Å²) < 4.78 is 5.16. The monoisotopic (exact) mass is 259 g/mol. The average molecular weight is 259 g/mol. The quantitative estimate of drug-likeness (QED) is 0.783. The van der Waals surface area contributed by atoms with Crippen LogP contribution in [-0.4, -0.2) is 17.6 Å². The molecule has 2 aromatic rings. The summed E-state index contributed by atoms with van der Waals surface area (Å²) in [7, 11) is 0. The van der Waals surface area contributed by atoms with Gasteiger partial charge in [-0.3, -0.25) is 0 Å². The number of aromatic carboxylic acids is 1. The summed E-state index contributed by atoms with van der Waals surface area (Å²) in [6.45, 7) is 3.47. The van der Waals surface area contributed by atoms with Crippen molar-refractivity contribution in [3.63, 3.8) is 0 Å². The minimum absolute atomic E-state index is 0.0179. The van der Waals surface area contributed by atoms with Crippen LogP contribution in [0.25, 0.3) is 0 Å². The van der Waals surface area contributed by atoms with E-state index in [1.165, 1.54) is 17.2 Å². The van der Waals surface area contributed by atoms with Gasteiger partial charge in [0, 0.05) is 0 Å². The van der Waals surface area contributed by atoms with Crippen molar-refractivity contribution in [1.82, 2.24) is 5.32 Å². The van der Waals surface area contributed by atoms with Crippen LogP contribution in [0.5, 0.6) is 0 Å². The van der Waals surface area contributed by atoms with Crippen molar-refractivity contribution in [2.75, 3.05) is 6.54 Å². The molecule has 100 valence electrons. The molecule has 0 saturated heterocycles. The van der Waals surface area contributed by atoms with Crippen molar-refractivity contribution >= 4 is 5.97 Å². The van der Waals surface area contributed by atoms with Gasteiger partial charge in [-0.05, 0) is 43.1 Å². The summed E-state index contributed by atoms with van der Waals surface area (Å²) in [5.41, 5.74) is 2.61. The van der Waals surface area contributed by atoms with Gasteiger partial charge in [-0.15, -0.1) is 0 Å². The van der Waals surface area contributed by atoms with Gasteiger partial charge in [0.25, 0.3) is 0 Å². The van der Waals surface area contributed by atoms with Crippen molar-refractivity contribution in [3.8, 4) is 0 Å². The van der Waals surface area contributed by atoms with Crippen LogP contribution in [0.4, 0.5) is 0 Å². The highest BCUT2D eigenvalue weighted by atomic mass is 16.4. The molecule has 2 rings (SSSR count). The average Bonchev–Trinajstić information content (AvgIpc) is 2.85. The predicted octanol–water partition coefficient (Wildman–Crippen LogP) is 2.62. The molecule has 1 aromatic heterocycles. The SMILES string of the molecule is Cc1ccccc1CCNCc1ccc(C(=O)O)o1. The fraction of sp³-hybridized carbons (Fsp3) is 0.267. The van der Waals surface area contributed by atoms with Crippen LogP contribution in [-0.2, 0) is 13.0 Å². The molecule has 2 N–H and O–H groups in total. The highest BCUT2D eigenvalue weighted by Gasteiger charge is 2.08. The molecule has 0 bridgehead atoms. The van der Waals surface area contributed by atoms with Crippen molar-refractivity contribution in [3.05, 3.63) is 59.0 Å². The zero-order valence-electron chi connectivity index (χ0n) is 10.8.